The lowest BCUT2D eigenvalue weighted by molar-refractivity contribution is 0.216. The average Bonchev–Trinajstić information content (AvgIpc) is 3.04. The molecule has 0 saturated heterocycles. The van der Waals surface area contributed by atoms with Crippen LogP contribution in [0.4, 0.5) is 0 Å². The van der Waals surface area contributed by atoms with Gasteiger partial charge in [0.1, 0.15) is 6.07 Å². The van der Waals surface area contributed by atoms with E-state index in [1.807, 2.05) is 19.9 Å². The first kappa shape index (κ1) is 10.7. The second kappa shape index (κ2) is 4.40. The highest BCUT2D eigenvalue weighted by atomic mass is 16.5. The summed E-state index contributed by atoms with van der Waals surface area (Å²) in [7, 11) is 0. The first-order valence-electron chi connectivity index (χ1n) is 5.43. The molecule has 0 unspecified atom stereocenters. The molecular weight excluding hydrogens is 204 g/mol. The van der Waals surface area contributed by atoms with Crippen LogP contribution < -0.4 is 9.47 Å². The second-order valence-corrected chi connectivity index (χ2v) is 4.08. The lowest BCUT2D eigenvalue weighted by Crippen LogP contribution is -2.10. The molecule has 1 fully saturated rings. The fraction of sp³-hybridized carbons (Fsp3) is 0.500. The maximum atomic E-state index is 8.96. The summed E-state index contributed by atoms with van der Waals surface area (Å²) in [5, 5.41) is 8.96. The average molecular weight is 218 g/mol. The second-order valence-electron chi connectivity index (χ2n) is 4.08. The van der Waals surface area contributed by atoms with Crippen LogP contribution in [0.2, 0.25) is 0 Å². The summed E-state index contributed by atoms with van der Waals surface area (Å²) in [5.74, 6) is 1.09. The molecule has 2 rings (SSSR count). The Morgan fingerprint density at radius 1 is 1.50 bits per heavy atom. The molecule has 1 heterocycles. The molecule has 0 radical (unpaired) electrons. The summed E-state index contributed by atoms with van der Waals surface area (Å²) in [4.78, 5) is 3.97. The summed E-state index contributed by atoms with van der Waals surface area (Å²) < 4.78 is 11.3. The van der Waals surface area contributed by atoms with Gasteiger partial charge in [0.25, 0.3) is 0 Å². The van der Waals surface area contributed by atoms with Crippen molar-refractivity contribution in [2.75, 3.05) is 0 Å². The Bertz CT molecular complexity index is 420. The molecule has 84 valence electrons. The van der Waals surface area contributed by atoms with E-state index >= 15 is 0 Å². The summed E-state index contributed by atoms with van der Waals surface area (Å²) >= 11 is 0. The van der Waals surface area contributed by atoms with Crippen LogP contribution in [-0.4, -0.2) is 17.2 Å². The number of ether oxygens (including phenoxy) is 2. The lowest BCUT2D eigenvalue weighted by atomic mass is 10.3. The van der Waals surface area contributed by atoms with Crippen molar-refractivity contribution in [1.82, 2.24) is 4.98 Å². The van der Waals surface area contributed by atoms with Gasteiger partial charge in [-0.05, 0) is 26.7 Å². The Morgan fingerprint density at radius 3 is 2.81 bits per heavy atom. The molecular formula is C12H14N2O2. The third kappa shape index (κ3) is 2.43. The molecule has 1 aliphatic carbocycles. The monoisotopic (exact) mass is 218 g/mol. The van der Waals surface area contributed by atoms with Crippen molar-refractivity contribution < 1.29 is 9.47 Å². The van der Waals surface area contributed by atoms with E-state index in [0.717, 1.165) is 12.8 Å². The van der Waals surface area contributed by atoms with Gasteiger partial charge in [0.2, 0.25) is 0 Å². The van der Waals surface area contributed by atoms with Gasteiger partial charge in [0, 0.05) is 12.3 Å². The minimum Gasteiger partial charge on any atom is -0.486 e. The Morgan fingerprint density at radius 2 is 2.25 bits per heavy atom. The van der Waals surface area contributed by atoms with Gasteiger partial charge in [0.15, 0.2) is 17.2 Å². The van der Waals surface area contributed by atoms with E-state index in [-0.39, 0.29) is 17.9 Å². The van der Waals surface area contributed by atoms with Gasteiger partial charge in [-0.15, -0.1) is 0 Å². The third-order valence-corrected chi connectivity index (χ3v) is 2.15. The largest absolute Gasteiger partial charge is 0.486 e. The standard InChI is InChI=1S/C12H14N2O2/c1-8(2)15-12-10(7-13)14-6-5-11(12)16-9-3-4-9/h5-6,8-9H,3-4H2,1-2H3. The normalized spacial score (nSPS) is 14.6. The van der Waals surface area contributed by atoms with Gasteiger partial charge in [-0.2, -0.15) is 5.26 Å². The number of pyridine rings is 1. The van der Waals surface area contributed by atoms with E-state index in [9.17, 15) is 0 Å². The van der Waals surface area contributed by atoms with Crippen LogP contribution in [0.25, 0.3) is 0 Å². The van der Waals surface area contributed by atoms with Crippen LogP contribution in [0, 0.1) is 11.3 Å². The van der Waals surface area contributed by atoms with Gasteiger partial charge in [-0.1, -0.05) is 0 Å². The molecule has 1 aromatic heterocycles. The Labute approximate surface area is 94.8 Å². The SMILES string of the molecule is CC(C)Oc1c(OC2CC2)ccnc1C#N. The van der Waals surface area contributed by atoms with E-state index < -0.39 is 0 Å². The first-order chi connectivity index (χ1) is 7.70. The molecule has 4 nitrogen and oxygen atoms in total. The molecule has 4 heteroatoms. The van der Waals surface area contributed by atoms with Gasteiger partial charge in [0.05, 0.1) is 12.2 Å². The number of hydrogen-bond donors (Lipinski definition) is 0. The molecule has 0 spiro atoms. The highest BCUT2D eigenvalue weighted by Gasteiger charge is 2.26. The number of nitrogens with zero attached hydrogens (tertiary/aromatic N) is 2. The molecule has 0 N–H and O–H groups in total. The maximum Gasteiger partial charge on any atom is 0.198 e. The van der Waals surface area contributed by atoms with Crippen molar-refractivity contribution >= 4 is 0 Å². The van der Waals surface area contributed by atoms with E-state index in [0.29, 0.717) is 11.5 Å². The first-order valence-corrected chi connectivity index (χ1v) is 5.43. The van der Waals surface area contributed by atoms with E-state index in [1.165, 1.54) is 0 Å². The maximum absolute atomic E-state index is 8.96. The summed E-state index contributed by atoms with van der Waals surface area (Å²) in [6, 6.07) is 3.77. The predicted molar refractivity (Wildman–Crippen MR) is 58.4 cm³/mol. The van der Waals surface area contributed by atoms with Crippen LogP contribution in [0.15, 0.2) is 12.3 Å². The molecule has 0 bridgehead atoms. The Balaban J connectivity index is 2.29. The van der Waals surface area contributed by atoms with Crippen LogP contribution in [0.1, 0.15) is 32.4 Å². The van der Waals surface area contributed by atoms with Crippen molar-refractivity contribution in [2.24, 2.45) is 0 Å². The zero-order chi connectivity index (χ0) is 11.5. The summed E-state index contributed by atoms with van der Waals surface area (Å²) in [6.45, 7) is 3.82. The molecule has 1 saturated carbocycles. The summed E-state index contributed by atoms with van der Waals surface area (Å²) in [6.07, 6.45) is 4.00. The van der Waals surface area contributed by atoms with Gasteiger partial charge >= 0.3 is 0 Å². The minimum atomic E-state index is -0.00199. The molecule has 0 atom stereocenters. The predicted octanol–water partition coefficient (Wildman–Crippen LogP) is 2.28. The minimum absolute atomic E-state index is 0.00199. The smallest absolute Gasteiger partial charge is 0.198 e. The van der Waals surface area contributed by atoms with Crippen molar-refractivity contribution in [2.45, 2.75) is 38.9 Å². The fourth-order valence-corrected chi connectivity index (χ4v) is 1.32. The fourth-order valence-electron chi connectivity index (χ4n) is 1.32. The third-order valence-electron chi connectivity index (χ3n) is 2.15. The molecule has 0 aliphatic heterocycles. The van der Waals surface area contributed by atoms with Gasteiger partial charge < -0.3 is 9.47 Å². The molecule has 0 amide bonds. The zero-order valence-electron chi connectivity index (χ0n) is 9.43. The lowest BCUT2D eigenvalue weighted by Gasteiger charge is -2.15. The molecule has 16 heavy (non-hydrogen) atoms. The summed E-state index contributed by atoms with van der Waals surface area (Å²) in [5.41, 5.74) is 0.284. The Kier molecular flexibility index (Phi) is 2.95. The highest BCUT2D eigenvalue weighted by Crippen LogP contribution is 2.35. The quantitative estimate of drug-likeness (QED) is 0.778. The van der Waals surface area contributed by atoms with E-state index in [2.05, 4.69) is 4.98 Å². The number of aromatic nitrogens is 1. The van der Waals surface area contributed by atoms with Gasteiger partial charge in [-0.25, -0.2) is 4.98 Å². The van der Waals surface area contributed by atoms with Gasteiger partial charge in [-0.3, -0.25) is 0 Å². The van der Waals surface area contributed by atoms with Crippen LogP contribution in [0.3, 0.4) is 0 Å². The Hall–Kier alpha value is -1.76. The highest BCUT2D eigenvalue weighted by molar-refractivity contribution is 5.48. The van der Waals surface area contributed by atoms with Crippen LogP contribution >= 0.6 is 0 Å². The van der Waals surface area contributed by atoms with Crippen molar-refractivity contribution in [3.05, 3.63) is 18.0 Å². The van der Waals surface area contributed by atoms with Crippen molar-refractivity contribution in [3.63, 3.8) is 0 Å². The molecule has 1 aliphatic rings. The zero-order valence-corrected chi connectivity index (χ0v) is 9.43. The molecule has 1 aromatic rings. The van der Waals surface area contributed by atoms with E-state index in [1.54, 1.807) is 12.3 Å². The van der Waals surface area contributed by atoms with Crippen molar-refractivity contribution in [1.29, 1.82) is 5.26 Å². The number of nitriles is 1. The molecule has 0 aromatic carbocycles. The number of rotatable bonds is 4. The van der Waals surface area contributed by atoms with Crippen molar-refractivity contribution in [3.8, 4) is 17.6 Å². The van der Waals surface area contributed by atoms with Crippen LogP contribution in [-0.2, 0) is 0 Å². The topological polar surface area (TPSA) is 55.1 Å². The van der Waals surface area contributed by atoms with E-state index in [4.69, 9.17) is 14.7 Å². The number of hydrogen-bond acceptors (Lipinski definition) is 4. The van der Waals surface area contributed by atoms with Crippen LogP contribution in [0.5, 0.6) is 11.5 Å².